The summed E-state index contributed by atoms with van der Waals surface area (Å²) in [6.07, 6.45) is 3.20. The number of halogens is 1. The summed E-state index contributed by atoms with van der Waals surface area (Å²) in [5.74, 6) is -0.874. The van der Waals surface area contributed by atoms with E-state index in [0.29, 0.717) is 11.1 Å². The third-order valence-corrected chi connectivity index (χ3v) is 4.60. The number of carbonyl (C=O) groups excluding carboxylic acids is 2. The number of carbonyl (C=O) groups is 2. The minimum Gasteiger partial charge on any atom is -0.368 e. The van der Waals surface area contributed by atoms with E-state index in [-0.39, 0.29) is 5.91 Å². The van der Waals surface area contributed by atoms with Crippen molar-refractivity contribution >= 4 is 27.7 Å². The van der Waals surface area contributed by atoms with Crippen LogP contribution in [0.2, 0.25) is 0 Å². The number of benzene rings is 2. The molecule has 0 spiro atoms. The molecule has 0 fully saturated rings. The van der Waals surface area contributed by atoms with Gasteiger partial charge in [-0.3, -0.25) is 9.59 Å². The van der Waals surface area contributed by atoms with Gasteiger partial charge in [-0.15, -0.1) is 0 Å². The maximum absolute atomic E-state index is 12.5. The standard InChI is InChI=1S/C18H17BrN2O2/c19-15-6-2-5-13(10-15)16(17(20)22)21-18(23)14-8-7-11-3-1-4-12(11)9-14/h2,5-10,16H,1,3-4H2,(H2,20,22)(H,21,23)/t16-/m1/s1. The van der Waals surface area contributed by atoms with Gasteiger partial charge < -0.3 is 11.1 Å². The minimum absolute atomic E-state index is 0.288. The number of hydrogen-bond donors (Lipinski definition) is 2. The smallest absolute Gasteiger partial charge is 0.252 e. The van der Waals surface area contributed by atoms with Crippen molar-refractivity contribution in [3.8, 4) is 0 Å². The van der Waals surface area contributed by atoms with E-state index >= 15 is 0 Å². The Hall–Kier alpha value is -2.14. The van der Waals surface area contributed by atoms with Crippen molar-refractivity contribution in [2.24, 2.45) is 5.73 Å². The molecule has 3 rings (SSSR count). The van der Waals surface area contributed by atoms with Crippen molar-refractivity contribution in [2.45, 2.75) is 25.3 Å². The Labute approximate surface area is 143 Å². The summed E-state index contributed by atoms with van der Waals surface area (Å²) < 4.78 is 0.827. The third-order valence-electron chi connectivity index (χ3n) is 4.10. The SMILES string of the molecule is NC(=O)[C@H](NC(=O)c1ccc2c(c1)CCC2)c1cccc(Br)c1. The second-order valence-corrected chi connectivity index (χ2v) is 6.62. The number of fused-ring (bicyclic) bond motifs is 1. The summed E-state index contributed by atoms with van der Waals surface area (Å²) in [6, 6.07) is 12.1. The molecule has 0 aliphatic heterocycles. The van der Waals surface area contributed by atoms with Crippen LogP contribution in [-0.2, 0) is 17.6 Å². The molecule has 0 bridgehead atoms. The molecular weight excluding hydrogens is 356 g/mol. The van der Waals surface area contributed by atoms with Gasteiger partial charge in [-0.1, -0.05) is 34.1 Å². The highest BCUT2D eigenvalue weighted by atomic mass is 79.9. The quantitative estimate of drug-likeness (QED) is 0.865. The predicted octanol–water partition coefficient (Wildman–Crippen LogP) is 2.89. The van der Waals surface area contributed by atoms with Crippen molar-refractivity contribution in [2.75, 3.05) is 0 Å². The zero-order chi connectivity index (χ0) is 16.4. The number of hydrogen-bond acceptors (Lipinski definition) is 2. The average molecular weight is 373 g/mol. The first-order valence-electron chi connectivity index (χ1n) is 7.52. The van der Waals surface area contributed by atoms with E-state index < -0.39 is 11.9 Å². The molecule has 118 valence electrons. The molecule has 1 aliphatic rings. The number of nitrogens with two attached hydrogens (primary N) is 1. The maximum Gasteiger partial charge on any atom is 0.252 e. The number of aryl methyl sites for hydroxylation is 2. The van der Waals surface area contributed by atoms with Crippen molar-refractivity contribution in [3.05, 3.63) is 69.2 Å². The molecule has 1 atom stereocenters. The highest BCUT2D eigenvalue weighted by Crippen LogP contribution is 2.23. The molecule has 2 aromatic carbocycles. The van der Waals surface area contributed by atoms with E-state index in [2.05, 4.69) is 21.2 Å². The van der Waals surface area contributed by atoms with Crippen molar-refractivity contribution in [3.63, 3.8) is 0 Å². The van der Waals surface area contributed by atoms with Crippen molar-refractivity contribution < 1.29 is 9.59 Å². The molecule has 5 heteroatoms. The summed E-state index contributed by atoms with van der Waals surface area (Å²) >= 11 is 3.36. The normalized spacial score (nSPS) is 14.1. The van der Waals surface area contributed by atoms with Crippen LogP contribution in [0.1, 0.15) is 39.5 Å². The van der Waals surface area contributed by atoms with Crippen LogP contribution < -0.4 is 11.1 Å². The molecule has 0 unspecified atom stereocenters. The van der Waals surface area contributed by atoms with Gasteiger partial charge in [0.2, 0.25) is 5.91 Å². The second-order valence-electron chi connectivity index (χ2n) is 5.70. The second kappa shape index (κ2) is 6.54. The van der Waals surface area contributed by atoms with Crippen LogP contribution >= 0.6 is 15.9 Å². The van der Waals surface area contributed by atoms with Crippen LogP contribution in [0.15, 0.2) is 46.9 Å². The molecule has 3 N–H and O–H groups in total. The summed E-state index contributed by atoms with van der Waals surface area (Å²) in [5, 5.41) is 2.73. The zero-order valence-electron chi connectivity index (χ0n) is 12.5. The van der Waals surface area contributed by atoms with Gasteiger partial charge in [0, 0.05) is 10.0 Å². The molecule has 4 nitrogen and oxygen atoms in total. The highest BCUT2D eigenvalue weighted by molar-refractivity contribution is 9.10. The van der Waals surface area contributed by atoms with Crippen LogP contribution in [0.4, 0.5) is 0 Å². The van der Waals surface area contributed by atoms with Gasteiger partial charge in [0.25, 0.3) is 5.91 Å². The highest BCUT2D eigenvalue weighted by Gasteiger charge is 2.22. The first kappa shape index (κ1) is 15.7. The van der Waals surface area contributed by atoms with E-state index in [1.807, 2.05) is 18.2 Å². The lowest BCUT2D eigenvalue weighted by Crippen LogP contribution is -2.37. The van der Waals surface area contributed by atoms with E-state index in [0.717, 1.165) is 23.7 Å². The van der Waals surface area contributed by atoms with E-state index in [1.54, 1.807) is 24.3 Å². The molecule has 2 aromatic rings. The van der Waals surface area contributed by atoms with Gasteiger partial charge in [0.15, 0.2) is 0 Å². The number of nitrogens with one attached hydrogen (secondary N) is 1. The maximum atomic E-state index is 12.5. The van der Waals surface area contributed by atoms with E-state index in [9.17, 15) is 9.59 Å². The van der Waals surface area contributed by atoms with Gasteiger partial charge in [0.1, 0.15) is 6.04 Å². The van der Waals surface area contributed by atoms with Crippen LogP contribution in [0.5, 0.6) is 0 Å². The minimum atomic E-state index is -0.853. The van der Waals surface area contributed by atoms with Gasteiger partial charge in [0.05, 0.1) is 0 Å². The summed E-state index contributed by atoms with van der Waals surface area (Å²) in [5.41, 5.74) is 9.21. The summed E-state index contributed by atoms with van der Waals surface area (Å²) in [7, 11) is 0. The lowest BCUT2D eigenvalue weighted by atomic mass is 10.0. The molecule has 2 amide bonds. The lowest BCUT2D eigenvalue weighted by molar-refractivity contribution is -0.120. The molecule has 0 radical (unpaired) electrons. The third kappa shape index (κ3) is 3.45. The van der Waals surface area contributed by atoms with Crippen LogP contribution in [-0.4, -0.2) is 11.8 Å². The van der Waals surface area contributed by atoms with Crippen LogP contribution in [0.3, 0.4) is 0 Å². The van der Waals surface area contributed by atoms with Gasteiger partial charge in [-0.05, 0) is 60.2 Å². The van der Waals surface area contributed by atoms with E-state index in [1.165, 1.54) is 11.1 Å². The lowest BCUT2D eigenvalue weighted by Gasteiger charge is -2.16. The molecule has 0 heterocycles. The van der Waals surface area contributed by atoms with Gasteiger partial charge >= 0.3 is 0 Å². The summed E-state index contributed by atoms with van der Waals surface area (Å²) in [6.45, 7) is 0. The fourth-order valence-electron chi connectivity index (χ4n) is 2.93. The van der Waals surface area contributed by atoms with Gasteiger partial charge in [-0.25, -0.2) is 0 Å². The van der Waals surface area contributed by atoms with Crippen LogP contribution in [0.25, 0.3) is 0 Å². The van der Waals surface area contributed by atoms with Crippen LogP contribution in [0, 0.1) is 0 Å². The Bertz CT molecular complexity index is 773. The average Bonchev–Trinajstić information content (AvgIpc) is 2.99. The Morgan fingerprint density at radius 3 is 2.61 bits per heavy atom. The first-order valence-corrected chi connectivity index (χ1v) is 8.31. The van der Waals surface area contributed by atoms with Crippen molar-refractivity contribution in [1.82, 2.24) is 5.32 Å². The fraction of sp³-hybridized carbons (Fsp3) is 0.222. The first-order chi connectivity index (χ1) is 11.0. The molecule has 23 heavy (non-hydrogen) atoms. The number of primary amides is 1. The zero-order valence-corrected chi connectivity index (χ0v) is 14.1. The Kier molecular flexibility index (Phi) is 4.48. The molecule has 0 aromatic heterocycles. The molecule has 0 saturated heterocycles. The van der Waals surface area contributed by atoms with Gasteiger partial charge in [-0.2, -0.15) is 0 Å². The predicted molar refractivity (Wildman–Crippen MR) is 92.0 cm³/mol. The monoisotopic (exact) mass is 372 g/mol. The molecular formula is C18H17BrN2O2. The Balaban J connectivity index is 1.83. The van der Waals surface area contributed by atoms with Crippen molar-refractivity contribution in [1.29, 1.82) is 0 Å². The molecule has 0 saturated carbocycles. The molecule has 1 aliphatic carbocycles. The number of rotatable bonds is 4. The Morgan fingerprint density at radius 2 is 1.87 bits per heavy atom. The fourth-order valence-corrected chi connectivity index (χ4v) is 3.35. The topological polar surface area (TPSA) is 72.2 Å². The Morgan fingerprint density at radius 1 is 1.09 bits per heavy atom. The largest absolute Gasteiger partial charge is 0.368 e. The van der Waals surface area contributed by atoms with E-state index in [4.69, 9.17) is 5.73 Å². The number of amides is 2. The summed E-state index contributed by atoms with van der Waals surface area (Å²) in [4.78, 5) is 24.2.